The first kappa shape index (κ1) is 16.8. The molecule has 0 saturated carbocycles. The standard InChI is InChI=1S/C12H14F3N3O3/c1-21-7-6-16-11(20)18-9-4-2-8(3-5-9)17-10(19)12(13,14)15/h2-5H,6-7H2,1H3,(H,17,19)(H2,16,18,20). The lowest BCUT2D eigenvalue weighted by atomic mass is 10.3. The summed E-state index contributed by atoms with van der Waals surface area (Å²) in [6.45, 7) is 0.678. The van der Waals surface area contributed by atoms with Crippen LogP contribution in [0.1, 0.15) is 0 Å². The lowest BCUT2D eigenvalue weighted by molar-refractivity contribution is -0.167. The molecule has 0 bridgehead atoms. The minimum absolute atomic E-state index is 0.0253. The molecule has 1 aromatic carbocycles. The van der Waals surface area contributed by atoms with Crippen LogP contribution in [-0.2, 0) is 9.53 Å². The van der Waals surface area contributed by atoms with E-state index in [1.165, 1.54) is 31.4 Å². The first-order chi connectivity index (χ1) is 9.82. The molecule has 0 radical (unpaired) electrons. The molecule has 1 aromatic rings. The zero-order valence-electron chi connectivity index (χ0n) is 11.1. The average Bonchev–Trinajstić information content (AvgIpc) is 2.40. The Labute approximate surface area is 118 Å². The number of halogens is 3. The minimum Gasteiger partial charge on any atom is -0.383 e. The second-order valence-electron chi connectivity index (χ2n) is 3.90. The van der Waals surface area contributed by atoms with E-state index in [4.69, 9.17) is 4.74 Å². The molecule has 21 heavy (non-hydrogen) atoms. The van der Waals surface area contributed by atoms with Crippen LogP contribution in [0.25, 0.3) is 0 Å². The molecule has 0 fully saturated rings. The second-order valence-corrected chi connectivity index (χ2v) is 3.90. The van der Waals surface area contributed by atoms with Gasteiger partial charge >= 0.3 is 18.1 Å². The molecule has 116 valence electrons. The van der Waals surface area contributed by atoms with Crippen molar-refractivity contribution in [3.05, 3.63) is 24.3 Å². The van der Waals surface area contributed by atoms with Crippen LogP contribution in [0.15, 0.2) is 24.3 Å². The molecular formula is C12H14F3N3O3. The number of nitrogens with one attached hydrogen (secondary N) is 3. The van der Waals surface area contributed by atoms with Crippen molar-refractivity contribution in [3.8, 4) is 0 Å². The van der Waals surface area contributed by atoms with E-state index >= 15 is 0 Å². The Morgan fingerprint density at radius 2 is 1.62 bits per heavy atom. The normalized spacial score (nSPS) is 10.9. The fourth-order valence-corrected chi connectivity index (χ4v) is 1.28. The molecule has 1 rings (SSSR count). The summed E-state index contributed by atoms with van der Waals surface area (Å²) in [5, 5.41) is 6.67. The maximum atomic E-state index is 12.0. The first-order valence-corrected chi connectivity index (χ1v) is 5.85. The number of anilines is 2. The highest BCUT2D eigenvalue weighted by molar-refractivity contribution is 5.95. The van der Waals surface area contributed by atoms with Crippen molar-refractivity contribution >= 4 is 23.3 Å². The van der Waals surface area contributed by atoms with Gasteiger partial charge in [0.2, 0.25) is 0 Å². The SMILES string of the molecule is COCCNC(=O)Nc1ccc(NC(=O)C(F)(F)F)cc1. The summed E-state index contributed by atoms with van der Waals surface area (Å²) in [7, 11) is 1.49. The van der Waals surface area contributed by atoms with Crippen LogP contribution < -0.4 is 16.0 Å². The van der Waals surface area contributed by atoms with E-state index in [0.29, 0.717) is 18.8 Å². The molecular weight excluding hydrogens is 291 g/mol. The van der Waals surface area contributed by atoms with Gasteiger partial charge in [-0.2, -0.15) is 13.2 Å². The molecule has 0 spiro atoms. The summed E-state index contributed by atoms with van der Waals surface area (Å²) in [5.74, 6) is -2.06. The van der Waals surface area contributed by atoms with Gasteiger partial charge in [0, 0.05) is 25.0 Å². The van der Waals surface area contributed by atoms with Gasteiger partial charge in [-0.25, -0.2) is 4.79 Å². The lowest BCUT2D eigenvalue weighted by Gasteiger charge is -2.10. The Hall–Kier alpha value is -2.29. The van der Waals surface area contributed by atoms with Crippen LogP contribution in [0.2, 0.25) is 0 Å². The van der Waals surface area contributed by atoms with Gasteiger partial charge in [-0.1, -0.05) is 0 Å². The highest BCUT2D eigenvalue weighted by Gasteiger charge is 2.38. The molecule has 6 nitrogen and oxygen atoms in total. The summed E-state index contributed by atoms with van der Waals surface area (Å²) in [6, 6.07) is 4.74. The predicted molar refractivity (Wildman–Crippen MR) is 70.0 cm³/mol. The van der Waals surface area contributed by atoms with Crippen LogP contribution in [0.5, 0.6) is 0 Å². The van der Waals surface area contributed by atoms with Gasteiger partial charge in [0.25, 0.3) is 0 Å². The molecule has 0 saturated heterocycles. The Morgan fingerprint density at radius 1 is 1.10 bits per heavy atom. The van der Waals surface area contributed by atoms with E-state index in [2.05, 4.69) is 10.6 Å². The highest BCUT2D eigenvalue weighted by atomic mass is 19.4. The van der Waals surface area contributed by atoms with E-state index in [1.54, 1.807) is 5.32 Å². The van der Waals surface area contributed by atoms with E-state index in [-0.39, 0.29) is 5.69 Å². The number of hydrogen-bond acceptors (Lipinski definition) is 3. The Balaban J connectivity index is 2.50. The van der Waals surface area contributed by atoms with Crippen LogP contribution in [-0.4, -0.2) is 38.4 Å². The number of hydrogen-bond donors (Lipinski definition) is 3. The van der Waals surface area contributed by atoms with Crippen LogP contribution in [0, 0.1) is 0 Å². The molecule has 0 aliphatic carbocycles. The summed E-state index contributed by atoms with van der Waals surface area (Å²) >= 11 is 0. The molecule has 3 N–H and O–H groups in total. The smallest absolute Gasteiger partial charge is 0.383 e. The van der Waals surface area contributed by atoms with Crippen molar-refractivity contribution in [2.75, 3.05) is 30.9 Å². The van der Waals surface area contributed by atoms with Gasteiger partial charge in [0.1, 0.15) is 0 Å². The third-order valence-corrected chi connectivity index (χ3v) is 2.25. The quantitative estimate of drug-likeness (QED) is 0.728. The first-order valence-electron chi connectivity index (χ1n) is 5.85. The maximum absolute atomic E-state index is 12.0. The van der Waals surface area contributed by atoms with E-state index in [0.717, 1.165) is 0 Å². The largest absolute Gasteiger partial charge is 0.471 e. The van der Waals surface area contributed by atoms with Crippen LogP contribution >= 0.6 is 0 Å². The molecule has 0 aromatic heterocycles. The summed E-state index contributed by atoms with van der Waals surface area (Å²) in [5.41, 5.74) is 0.345. The fraction of sp³-hybridized carbons (Fsp3) is 0.333. The molecule has 3 amide bonds. The number of methoxy groups -OCH3 is 1. The van der Waals surface area contributed by atoms with Crippen molar-refractivity contribution in [3.63, 3.8) is 0 Å². The number of carbonyl (C=O) groups is 2. The van der Waals surface area contributed by atoms with Crippen molar-refractivity contribution < 1.29 is 27.5 Å². The Morgan fingerprint density at radius 3 is 2.10 bits per heavy atom. The molecule has 0 unspecified atom stereocenters. The number of carbonyl (C=O) groups excluding carboxylic acids is 2. The number of urea groups is 1. The van der Waals surface area contributed by atoms with Crippen molar-refractivity contribution in [1.29, 1.82) is 0 Å². The van der Waals surface area contributed by atoms with Gasteiger partial charge in [-0.05, 0) is 24.3 Å². The number of alkyl halides is 3. The van der Waals surface area contributed by atoms with Gasteiger partial charge in [0.15, 0.2) is 0 Å². The van der Waals surface area contributed by atoms with Crippen molar-refractivity contribution in [2.24, 2.45) is 0 Å². The highest BCUT2D eigenvalue weighted by Crippen LogP contribution is 2.19. The van der Waals surface area contributed by atoms with Gasteiger partial charge in [0.05, 0.1) is 6.61 Å². The third kappa shape index (κ3) is 6.13. The van der Waals surface area contributed by atoms with E-state index in [9.17, 15) is 22.8 Å². The van der Waals surface area contributed by atoms with Crippen molar-refractivity contribution in [1.82, 2.24) is 5.32 Å². The summed E-state index contributed by atoms with van der Waals surface area (Å²) < 4.78 is 40.9. The second kappa shape index (κ2) is 7.48. The Kier molecular flexibility index (Phi) is 5.97. The van der Waals surface area contributed by atoms with Crippen LogP contribution in [0.3, 0.4) is 0 Å². The van der Waals surface area contributed by atoms with Crippen molar-refractivity contribution in [2.45, 2.75) is 6.18 Å². The number of rotatable bonds is 5. The van der Waals surface area contributed by atoms with Gasteiger partial charge in [-0.15, -0.1) is 0 Å². The topological polar surface area (TPSA) is 79.5 Å². The molecule has 9 heteroatoms. The summed E-state index contributed by atoms with van der Waals surface area (Å²) in [6.07, 6.45) is -4.95. The molecule has 0 heterocycles. The lowest BCUT2D eigenvalue weighted by Crippen LogP contribution is -2.31. The molecule has 0 aliphatic heterocycles. The number of benzene rings is 1. The van der Waals surface area contributed by atoms with Gasteiger partial charge < -0.3 is 20.7 Å². The number of ether oxygens (including phenoxy) is 1. The minimum atomic E-state index is -4.95. The third-order valence-electron chi connectivity index (χ3n) is 2.25. The van der Waals surface area contributed by atoms with E-state index < -0.39 is 18.1 Å². The average molecular weight is 305 g/mol. The number of amides is 3. The molecule has 0 aliphatic rings. The predicted octanol–water partition coefficient (Wildman–Crippen LogP) is 1.96. The van der Waals surface area contributed by atoms with Gasteiger partial charge in [-0.3, -0.25) is 4.79 Å². The zero-order chi connectivity index (χ0) is 15.9. The van der Waals surface area contributed by atoms with E-state index in [1.807, 2.05) is 0 Å². The monoisotopic (exact) mass is 305 g/mol. The Bertz CT molecular complexity index is 489. The maximum Gasteiger partial charge on any atom is 0.471 e. The fourth-order valence-electron chi connectivity index (χ4n) is 1.28. The van der Waals surface area contributed by atoms with Crippen LogP contribution in [0.4, 0.5) is 29.3 Å². The molecule has 0 atom stereocenters. The zero-order valence-corrected chi connectivity index (χ0v) is 11.1. The summed E-state index contributed by atoms with van der Waals surface area (Å²) in [4.78, 5) is 22.1.